The van der Waals surface area contributed by atoms with Crippen LogP contribution in [0.25, 0.3) is 0 Å². The number of alkyl carbamates (subject to hydrolysis) is 2. The van der Waals surface area contributed by atoms with Crippen molar-refractivity contribution in [2.24, 2.45) is 4.99 Å². The van der Waals surface area contributed by atoms with Crippen molar-refractivity contribution in [2.75, 3.05) is 0 Å². The fourth-order valence-electron chi connectivity index (χ4n) is 2.03. The number of benzene rings is 1. The van der Waals surface area contributed by atoms with Crippen molar-refractivity contribution in [1.82, 2.24) is 10.6 Å². The molecule has 1 aromatic rings. The first-order chi connectivity index (χ1) is 13.2. The van der Waals surface area contributed by atoms with Crippen molar-refractivity contribution >= 4 is 23.8 Å². The molecule has 0 saturated heterocycles. The van der Waals surface area contributed by atoms with E-state index >= 15 is 0 Å². The van der Waals surface area contributed by atoms with Crippen LogP contribution in [0.4, 0.5) is 15.3 Å². The van der Waals surface area contributed by atoms with Crippen molar-refractivity contribution in [1.29, 1.82) is 0 Å². The zero-order chi connectivity index (χ0) is 22.4. The smallest absolute Gasteiger partial charge is 0.414 e. The van der Waals surface area contributed by atoms with Gasteiger partial charge in [-0.15, -0.1) is 0 Å². The Bertz CT molecular complexity index is 774. The van der Waals surface area contributed by atoms with Gasteiger partial charge in [0.1, 0.15) is 11.2 Å². The van der Waals surface area contributed by atoms with E-state index in [1.165, 1.54) is 6.07 Å². The molecule has 1 rings (SSSR count). The van der Waals surface area contributed by atoms with E-state index in [0.717, 1.165) is 0 Å². The highest BCUT2D eigenvalue weighted by Crippen LogP contribution is 2.19. The summed E-state index contributed by atoms with van der Waals surface area (Å²) in [6.45, 7) is 11.7. The van der Waals surface area contributed by atoms with Gasteiger partial charge in [0.05, 0.1) is 11.5 Å². The molecule has 0 atom stereocenters. The van der Waals surface area contributed by atoms with Crippen molar-refractivity contribution in [3.05, 3.63) is 39.4 Å². The molecular weight excluding hydrogens is 380 g/mol. The molecule has 0 unspecified atom stereocenters. The molecule has 0 spiro atoms. The molecule has 2 amide bonds. The average Bonchev–Trinajstić information content (AvgIpc) is 2.49. The van der Waals surface area contributed by atoms with Crippen molar-refractivity contribution in [3.63, 3.8) is 0 Å². The van der Waals surface area contributed by atoms with Crippen LogP contribution in [0.1, 0.15) is 52.7 Å². The number of carbonyl (C=O) groups excluding carboxylic acids is 2. The Morgan fingerprint density at radius 2 is 1.52 bits per heavy atom. The standard InChI is InChI=1S/C19H28N4O6/c1-12-8-9-13(10-14(12)23(26)27)11-20-15(21-16(24)28-18(2,3)4)22-17(25)29-19(5,6)7/h8-10H,11H2,1-7H3,(H2,20,21,22,24,25). The van der Waals surface area contributed by atoms with E-state index in [4.69, 9.17) is 9.47 Å². The second-order valence-corrected chi connectivity index (χ2v) is 8.30. The third-order valence-corrected chi connectivity index (χ3v) is 3.13. The number of nitrogens with one attached hydrogen (secondary N) is 2. The molecule has 0 saturated carbocycles. The fraction of sp³-hybridized carbons (Fsp3) is 0.526. The van der Waals surface area contributed by atoms with E-state index in [1.54, 1.807) is 60.6 Å². The minimum absolute atomic E-state index is 0.0257. The number of ether oxygens (including phenoxy) is 2. The molecule has 0 aliphatic rings. The Morgan fingerprint density at radius 3 is 1.93 bits per heavy atom. The summed E-state index contributed by atoms with van der Waals surface area (Å²) in [6, 6.07) is 4.66. The molecule has 160 valence electrons. The van der Waals surface area contributed by atoms with Crippen molar-refractivity contribution in [2.45, 2.75) is 66.2 Å². The van der Waals surface area contributed by atoms with Gasteiger partial charge in [-0.1, -0.05) is 12.1 Å². The lowest BCUT2D eigenvalue weighted by Crippen LogP contribution is -2.47. The van der Waals surface area contributed by atoms with Gasteiger partial charge in [-0.3, -0.25) is 20.7 Å². The number of nitro benzene ring substituents is 1. The van der Waals surface area contributed by atoms with Gasteiger partial charge in [-0.05, 0) is 54.0 Å². The number of aryl methyl sites for hydroxylation is 1. The summed E-state index contributed by atoms with van der Waals surface area (Å²) in [5.74, 6) is -0.197. The van der Waals surface area contributed by atoms with E-state index < -0.39 is 28.3 Å². The van der Waals surface area contributed by atoms with Crippen molar-refractivity contribution < 1.29 is 24.0 Å². The molecule has 29 heavy (non-hydrogen) atoms. The van der Waals surface area contributed by atoms with E-state index in [9.17, 15) is 19.7 Å². The molecule has 10 nitrogen and oxygen atoms in total. The number of aliphatic imine (C=N–C) groups is 1. The number of hydrogen-bond donors (Lipinski definition) is 2. The Labute approximate surface area is 169 Å². The lowest BCUT2D eigenvalue weighted by molar-refractivity contribution is -0.385. The van der Waals surface area contributed by atoms with Crippen LogP contribution in [0.15, 0.2) is 23.2 Å². The molecular formula is C19H28N4O6. The van der Waals surface area contributed by atoms with Crippen LogP contribution >= 0.6 is 0 Å². The van der Waals surface area contributed by atoms with E-state index in [1.807, 2.05) is 0 Å². The molecule has 0 radical (unpaired) electrons. The van der Waals surface area contributed by atoms with Crippen LogP contribution in [0.3, 0.4) is 0 Å². The Kier molecular flexibility index (Phi) is 7.70. The highest BCUT2D eigenvalue weighted by molar-refractivity contribution is 6.01. The van der Waals surface area contributed by atoms with Crippen LogP contribution in [-0.4, -0.2) is 34.3 Å². The van der Waals surface area contributed by atoms with Gasteiger partial charge in [0.15, 0.2) is 0 Å². The van der Waals surface area contributed by atoms with Gasteiger partial charge < -0.3 is 9.47 Å². The molecule has 0 aliphatic heterocycles. The van der Waals surface area contributed by atoms with Crippen LogP contribution in [0.2, 0.25) is 0 Å². The number of guanidine groups is 1. The molecule has 0 fully saturated rings. The molecule has 10 heteroatoms. The minimum atomic E-state index is -0.817. The van der Waals surface area contributed by atoms with Crippen molar-refractivity contribution in [3.8, 4) is 0 Å². The van der Waals surface area contributed by atoms with E-state index in [-0.39, 0.29) is 18.2 Å². The highest BCUT2D eigenvalue weighted by Gasteiger charge is 2.21. The molecule has 1 aromatic carbocycles. The van der Waals surface area contributed by atoms with Crippen LogP contribution in [0.5, 0.6) is 0 Å². The predicted octanol–water partition coefficient (Wildman–Crippen LogP) is 3.81. The number of hydrogen-bond acceptors (Lipinski definition) is 7. The zero-order valence-corrected chi connectivity index (χ0v) is 17.8. The number of amides is 2. The number of nitrogens with zero attached hydrogens (tertiary/aromatic N) is 2. The number of rotatable bonds is 3. The summed E-state index contributed by atoms with van der Waals surface area (Å²) in [5.41, 5.74) is -0.505. The quantitative estimate of drug-likeness (QED) is 0.338. The molecule has 0 heterocycles. The summed E-state index contributed by atoms with van der Waals surface area (Å²) >= 11 is 0. The third-order valence-electron chi connectivity index (χ3n) is 3.13. The molecule has 0 bridgehead atoms. The molecule has 0 aromatic heterocycles. The maximum Gasteiger partial charge on any atom is 0.414 e. The topological polar surface area (TPSA) is 132 Å². The molecule has 2 N–H and O–H groups in total. The van der Waals surface area contributed by atoms with Gasteiger partial charge in [-0.2, -0.15) is 0 Å². The van der Waals surface area contributed by atoms with Crippen LogP contribution < -0.4 is 10.6 Å². The summed E-state index contributed by atoms with van der Waals surface area (Å²) < 4.78 is 10.3. The summed E-state index contributed by atoms with van der Waals surface area (Å²) in [4.78, 5) is 38.8. The third kappa shape index (κ3) is 9.54. The second-order valence-electron chi connectivity index (χ2n) is 8.30. The Balaban J connectivity index is 3.02. The predicted molar refractivity (Wildman–Crippen MR) is 108 cm³/mol. The first-order valence-electron chi connectivity index (χ1n) is 8.94. The van der Waals surface area contributed by atoms with Gasteiger partial charge >= 0.3 is 12.2 Å². The summed E-state index contributed by atoms with van der Waals surface area (Å²) in [5, 5.41) is 15.8. The van der Waals surface area contributed by atoms with Gasteiger partial charge in [0.2, 0.25) is 5.96 Å². The van der Waals surface area contributed by atoms with E-state index in [2.05, 4.69) is 15.6 Å². The van der Waals surface area contributed by atoms with E-state index in [0.29, 0.717) is 11.1 Å². The maximum atomic E-state index is 12.0. The SMILES string of the molecule is Cc1ccc(CN=C(NC(=O)OC(C)(C)C)NC(=O)OC(C)(C)C)cc1[N+](=O)[O-]. The van der Waals surface area contributed by atoms with Crippen LogP contribution in [-0.2, 0) is 16.0 Å². The second kappa shape index (κ2) is 9.35. The lowest BCUT2D eigenvalue weighted by Gasteiger charge is -2.22. The largest absolute Gasteiger partial charge is 0.444 e. The normalized spacial score (nSPS) is 11.3. The van der Waals surface area contributed by atoms with Gasteiger partial charge in [0, 0.05) is 11.6 Å². The first-order valence-corrected chi connectivity index (χ1v) is 8.94. The average molecular weight is 408 g/mol. The summed E-state index contributed by atoms with van der Waals surface area (Å²) in [7, 11) is 0. The number of carbonyl (C=O) groups is 2. The summed E-state index contributed by atoms with van der Waals surface area (Å²) in [6.07, 6.45) is -1.63. The maximum absolute atomic E-state index is 12.0. The lowest BCUT2D eigenvalue weighted by atomic mass is 10.1. The highest BCUT2D eigenvalue weighted by atomic mass is 16.6. The van der Waals surface area contributed by atoms with Gasteiger partial charge in [-0.25, -0.2) is 14.6 Å². The van der Waals surface area contributed by atoms with Crippen LogP contribution in [0, 0.1) is 17.0 Å². The fourth-order valence-corrected chi connectivity index (χ4v) is 2.03. The number of nitro groups is 1. The molecule has 0 aliphatic carbocycles. The van der Waals surface area contributed by atoms with Gasteiger partial charge in [0.25, 0.3) is 5.69 Å². The zero-order valence-electron chi connectivity index (χ0n) is 17.8. The Morgan fingerprint density at radius 1 is 1.03 bits per heavy atom. The monoisotopic (exact) mass is 408 g/mol. The minimum Gasteiger partial charge on any atom is -0.444 e. The Hall–Kier alpha value is -3.17. The first kappa shape index (κ1) is 23.9.